The zero-order valence-electron chi connectivity index (χ0n) is 15.8. The van der Waals surface area contributed by atoms with Crippen LogP contribution < -0.4 is 16.4 Å². The molecule has 1 spiro atoms. The lowest BCUT2D eigenvalue weighted by molar-refractivity contribution is -0.136. The number of hydrogen-bond acceptors (Lipinski definition) is 4. The second kappa shape index (κ2) is 7.98. The van der Waals surface area contributed by atoms with Crippen molar-refractivity contribution >= 4 is 23.5 Å². The summed E-state index contributed by atoms with van der Waals surface area (Å²) in [5.74, 6) is 0.0370. The van der Waals surface area contributed by atoms with Crippen molar-refractivity contribution in [2.24, 2.45) is 5.92 Å². The normalized spacial score (nSPS) is 24.9. The van der Waals surface area contributed by atoms with Gasteiger partial charge >= 0.3 is 6.03 Å². The summed E-state index contributed by atoms with van der Waals surface area (Å²) >= 11 is 0. The Morgan fingerprint density at radius 1 is 1.26 bits per heavy atom. The third-order valence-electron chi connectivity index (χ3n) is 5.80. The van der Waals surface area contributed by atoms with Crippen molar-refractivity contribution in [3.8, 4) is 0 Å². The van der Waals surface area contributed by atoms with E-state index in [-0.39, 0.29) is 18.4 Å². The van der Waals surface area contributed by atoms with E-state index in [1.165, 1.54) is 0 Å². The van der Waals surface area contributed by atoms with Gasteiger partial charge in [0.2, 0.25) is 5.91 Å². The molecular formula is C20H28N4O3. The first-order chi connectivity index (χ1) is 12.9. The fourth-order valence-electron chi connectivity index (χ4n) is 3.97. The van der Waals surface area contributed by atoms with Crippen molar-refractivity contribution in [3.63, 3.8) is 0 Å². The zero-order chi connectivity index (χ0) is 19.4. The molecule has 1 aromatic rings. The second-order valence-electron chi connectivity index (χ2n) is 7.60. The molecule has 1 saturated carbocycles. The topological polar surface area (TPSA) is 105 Å². The van der Waals surface area contributed by atoms with Crippen LogP contribution in [0.5, 0.6) is 0 Å². The van der Waals surface area contributed by atoms with E-state index in [0.29, 0.717) is 37.4 Å². The summed E-state index contributed by atoms with van der Waals surface area (Å²) in [5.41, 5.74) is 6.61. The summed E-state index contributed by atoms with van der Waals surface area (Å²) in [5, 5.41) is 5.63. The number of hydrogen-bond donors (Lipinski definition) is 3. The van der Waals surface area contributed by atoms with Gasteiger partial charge in [0.15, 0.2) is 0 Å². The molecule has 0 atom stereocenters. The fourth-order valence-corrected chi connectivity index (χ4v) is 3.97. The number of imide groups is 1. The molecule has 1 saturated heterocycles. The number of nitrogens with zero attached hydrogens (tertiary/aromatic N) is 1. The highest BCUT2D eigenvalue weighted by Crippen LogP contribution is 2.37. The van der Waals surface area contributed by atoms with Crippen LogP contribution in [0.2, 0.25) is 0 Å². The summed E-state index contributed by atoms with van der Waals surface area (Å²) < 4.78 is 0. The van der Waals surface area contributed by atoms with Crippen LogP contribution in [0, 0.1) is 5.92 Å². The highest BCUT2D eigenvalue weighted by atomic mass is 16.2. The van der Waals surface area contributed by atoms with Gasteiger partial charge in [-0.3, -0.25) is 14.5 Å². The lowest BCUT2D eigenvalue weighted by Crippen LogP contribution is -2.50. The monoisotopic (exact) mass is 372 g/mol. The van der Waals surface area contributed by atoms with Crippen LogP contribution in [-0.4, -0.2) is 41.4 Å². The molecule has 0 radical (unpaired) electrons. The lowest BCUT2D eigenvalue weighted by atomic mass is 9.75. The maximum atomic E-state index is 12.8. The molecule has 1 aliphatic carbocycles. The highest BCUT2D eigenvalue weighted by Gasteiger charge is 2.52. The average molecular weight is 372 g/mol. The van der Waals surface area contributed by atoms with Crippen LogP contribution in [0.1, 0.15) is 44.6 Å². The number of nitrogens with two attached hydrogens (primary N) is 1. The molecule has 3 rings (SSSR count). The third kappa shape index (κ3) is 4.23. The Labute approximate surface area is 159 Å². The van der Waals surface area contributed by atoms with Gasteiger partial charge in [0, 0.05) is 12.2 Å². The number of amides is 4. The van der Waals surface area contributed by atoms with Crippen LogP contribution in [0.3, 0.4) is 0 Å². The Morgan fingerprint density at radius 2 is 1.93 bits per heavy atom. The zero-order valence-corrected chi connectivity index (χ0v) is 15.8. The molecule has 2 aliphatic rings. The predicted octanol–water partition coefficient (Wildman–Crippen LogP) is 1.82. The molecule has 27 heavy (non-hydrogen) atoms. The standard InChI is InChI=1S/C20H28N4O3/c1-2-14-7-10-20(11-8-14)18(26)24(19(27)23-20)13-17(25)22-12-9-15-3-5-16(21)6-4-15/h3-6,14H,2,7-13,21H2,1H3,(H,22,25)(H,23,27). The summed E-state index contributed by atoms with van der Waals surface area (Å²) in [6, 6.07) is 7.00. The summed E-state index contributed by atoms with van der Waals surface area (Å²) in [4.78, 5) is 38.3. The van der Waals surface area contributed by atoms with E-state index in [1.54, 1.807) is 0 Å². The van der Waals surface area contributed by atoms with Crippen molar-refractivity contribution in [3.05, 3.63) is 29.8 Å². The Bertz CT molecular complexity index is 708. The molecule has 146 valence electrons. The van der Waals surface area contributed by atoms with Crippen LogP contribution in [0.25, 0.3) is 0 Å². The van der Waals surface area contributed by atoms with Crippen molar-refractivity contribution < 1.29 is 14.4 Å². The molecule has 1 heterocycles. The van der Waals surface area contributed by atoms with Gasteiger partial charge < -0.3 is 16.4 Å². The SMILES string of the molecule is CCC1CCC2(CC1)NC(=O)N(CC(=O)NCCc1ccc(N)cc1)C2=O. The van der Waals surface area contributed by atoms with E-state index in [4.69, 9.17) is 5.73 Å². The molecule has 7 heteroatoms. The molecule has 1 aliphatic heterocycles. The number of urea groups is 1. The molecule has 0 unspecified atom stereocenters. The van der Waals surface area contributed by atoms with Crippen molar-refractivity contribution in [1.29, 1.82) is 0 Å². The van der Waals surface area contributed by atoms with E-state index in [0.717, 1.165) is 29.7 Å². The highest BCUT2D eigenvalue weighted by molar-refractivity contribution is 6.09. The molecule has 2 fully saturated rings. The number of rotatable bonds is 6. The van der Waals surface area contributed by atoms with Gasteiger partial charge in [-0.2, -0.15) is 0 Å². The van der Waals surface area contributed by atoms with Gasteiger partial charge in [0.05, 0.1) is 0 Å². The van der Waals surface area contributed by atoms with Crippen LogP contribution in [0.15, 0.2) is 24.3 Å². The Hall–Kier alpha value is -2.57. The van der Waals surface area contributed by atoms with Crippen molar-refractivity contribution in [1.82, 2.24) is 15.5 Å². The van der Waals surface area contributed by atoms with E-state index in [9.17, 15) is 14.4 Å². The van der Waals surface area contributed by atoms with Crippen LogP contribution in [0.4, 0.5) is 10.5 Å². The number of nitrogens with one attached hydrogen (secondary N) is 2. The number of carbonyl (C=O) groups is 3. The number of nitrogen functional groups attached to an aromatic ring is 1. The van der Waals surface area contributed by atoms with Crippen LogP contribution >= 0.6 is 0 Å². The molecule has 0 aromatic heterocycles. The number of anilines is 1. The van der Waals surface area contributed by atoms with Crippen LogP contribution in [-0.2, 0) is 16.0 Å². The first-order valence-corrected chi connectivity index (χ1v) is 9.69. The Morgan fingerprint density at radius 3 is 2.56 bits per heavy atom. The Kier molecular flexibility index (Phi) is 5.68. The molecule has 7 nitrogen and oxygen atoms in total. The Balaban J connectivity index is 1.49. The third-order valence-corrected chi connectivity index (χ3v) is 5.80. The first kappa shape index (κ1) is 19.2. The lowest BCUT2D eigenvalue weighted by Gasteiger charge is -2.34. The largest absolute Gasteiger partial charge is 0.399 e. The first-order valence-electron chi connectivity index (χ1n) is 9.69. The molecule has 0 bridgehead atoms. The van der Waals surface area contributed by atoms with Gasteiger partial charge in [-0.25, -0.2) is 4.79 Å². The van der Waals surface area contributed by atoms with E-state index < -0.39 is 11.6 Å². The minimum atomic E-state index is -0.799. The van der Waals surface area contributed by atoms with E-state index >= 15 is 0 Å². The maximum absolute atomic E-state index is 12.8. The van der Waals surface area contributed by atoms with E-state index in [1.807, 2.05) is 24.3 Å². The summed E-state index contributed by atoms with van der Waals surface area (Å²) in [7, 11) is 0. The molecule has 4 amide bonds. The maximum Gasteiger partial charge on any atom is 0.325 e. The van der Waals surface area contributed by atoms with Gasteiger partial charge in [-0.1, -0.05) is 25.5 Å². The molecule has 1 aromatic carbocycles. The number of carbonyl (C=O) groups excluding carboxylic acids is 3. The summed E-state index contributed by atoms with van der Waals surface area (Å²) in [6.45, 7) is 2.36. The van der Waals surface area contributed by atoms with Crippen molar-refractivity contribution in [2.75, 3.05) is 18.8 Å². The number of benzene rings is 1. The average Bonchev–Trinajstić information content (AvgIpc) is 2.88. The quantitative estimate of drug-likeness (QED) is 0.523. The minimum absolute atomic E-state index is 0.231. The van der Waals surface area contributed by atoms with Gasteiger partial charge in [0.25, 0.3) is 5.91 Å². The second-order valence-corrected chi connectivity index (χ2v) is 7.60. The minimum Gasteiger partial charge on any atom is -0.399 e. The van der Waals surface area contributed by atoms with Gasteiger partial charge in [0.1, 0.15) is 12.1 Å². The van der Waals surface area contributed by atoms with Gasteiger partial charge in [-0.15, -0.1) is 0 Å². The van der Waals surface area contributed by atoms with Crippen molar-refractivity contribution in [2.45, 2.75) is 51.0 Å². The summed E-state index contributed by atoms with van der Waals surface area (Å²) in [6.07, 6.45) is 4.94. The van der Waals surface area contributed by atoms with Gasteiger partial charge in [-0.05, 0) is 55.7 Å². The van der Waals surface area contributed by atoms with E-state index in [2.05, 4.69) is 17.6 Å². The predicted molar refractivity (Wildman–Crippen MR) is 103 cm³/mol. The fraction of sp³-hybridized carbons (Fsp3) is 0.550. The molecule has 4 N–H and O–H groups in total. The smallest absolute Gasteiger partial charge is 0.325 e. The molecular weight excluding hydrogens is 344 g/mol.